The molecular weight excluding hydrogens is 325 g/mol. The van der Waals surface area contributed by atoms with Gasteiger partial charge in [0.2, 0.25) is 0 Å². The molecule has 0 saturated heterocycles. The van der Waals surface area contributed by atoms with Crippen LogP contribution in [-0.2, 0) is 23.5 Å². The zero-order chi connectivity index (χ0) is 17.0. The fraction of sp³-hybridized carbons (Fsp3) is 0.188. The third-order valence-corrected chi connectivity index (χ3v) is 4.13. The smallest absolute Gasteiger partial charge is 0.380 e. The topological polar surface area (TPSA) is 52.9 Å². The number of halogens is 3. The van der Waals surface area contributed by atoms with Crippen LogP contribution in [0.1, 0.15) is 16.7 Å². The molecule has 23 heavy (non-hydrogen) atoms. The Bertz CT molecular complexity index is 764. The molecule has 7 heteroatoms. The van der Waals surface area contributed by atoms with Crippen molar-refractivity contribution in [1.82, 2.24) is 0 Å². The molecule has 120 valence electrons. The molecule has 0 saturated carbocycles. The molecule has 2 aromatic rings. The van der Waals surface area contributed by atoms with Gasteiger partial charge in [0, 0.05) is 34.2 Å². The van der Waals surface area contributed by atoms with Crippen molar-refractivity contribution >= 4 is 16.5 Å². The second kappa shape index (κ2) is 6.84. The van der Waals surface area contributed by atoms with E-state index in [1.165, 1.54) is 6.07 Å². The maximum absolute atomic E-state index is 13.0. The van der Waals surface area contributed by atoms with Gasteiger partial charge in [0.15, 0.2) is 0 Å². The molecule has 0 bridgehead atoms. The molecule has 1 N–H and O–H groups in total. The summed E-state index contributed by atoms with van der Waals surface area (Å²) >= 11 is 0. The fourth-order valence-electron chi connectivity index (χ4n) is 2.00. The van der Waals surface area contributed by atoms with Gasteiger partial charge in [-0.2, -0.15) is 18.4 Å². The van der Waals surface area contributed by atoms with Gasteiger partial charge in [-0.15, -0.1) is 0 Å². The van der Waals surface area contributed by atoms with Crippen molar-refractivity contribution in [2.45, 2.75) is 17.6 Å². The fourth-order valence-corrected chi connectivity index (χ4v) is 2.52. The molecule has 0 aliphatic carbocycles. The third kappa shape index (κ3) is 4.33. The number of anilines is 1. The largest absolute Gasteiger partial charge is 0.418 e. The van der Waals surface area contributed by atoms with E-state index in [0.717, 1.165) is 17.7 Å². The molecule has 2 aromatic carbocycles. The molecule has 0 heterocycles. The van der Waals surface area contributed by atoms with Crippen LogP contribution in [0, 0.1) is 11.3 Å². The molecular formula is C16H13F3N2OS. The molecule has 2 rings (SSSR count). The minimum absolute atomic E-state index is 0.139. The van der Waals surface area contributed by atoms with Crippen molar-refractivity contribution in [2.75, 3.05) is 11.6 Å². The van der Waals surface area contributed by atoms with Gasteiger partial charge in [0.1, 0.15) is 0 Å². The summed E-state index contributed by atoms with van der Waals surface area (Å²) in [6.45, 7) is 0.161. The Hall–Kier alpha value is -2.33. The van der Waals surface area contributed by atoms with E-state index < -0.39 is 22.5 Å². The predicted octanol–water partition coefficient (Wildman–Crippen LogP) is 3.93. The summed E-state index contributed by atoms with van der Waals surface area (Å²) in [6.07, 6.45) is -2.95. The highest BCUT2D eigenvalue weighted by Crippen LogP contribution is 2.35. The molecule has 0 amide bonds. The van der Waals surface area contributed by atoms with E-state index in [1.54, 1.807) is 30.5 Å². The summed E-state index contributed by atoms with van der Waals surface area (Å²) in [5.74, 6) is 0. The maximum Gasteiger partial charge on any atom is 0.418 e. The summed E-state index contributed by atoms with van der Waals surface area (Å²) in [4.78, 5) is 0.649. The number of benzene rings is 2. The van der Waals surface area contributed by atoms with Crippen LogP contribution in [0.3, 0.4) is 0 Å². The third-order valence-electron chi connectivity index (χ3n) is 3.19. The van der Waals surface area contributed by atoms with Crippen LogP contribution in [0.15, 0.2) is 47.4 Å². The second-order valence-electron chi connectivity index (χ2n) is 4.82. The minimum atomic E-state index is -4.50. The maximum atomic E-state index is 13.0. The van der Waals surface area contributed by atoms with Gasteiger partial charge in [0.25, 0.3) is 0 Å². The number of nitriles is 1. The average Bonchev–Trinajstić information content (AvgIpc) is 2.52. The number of hydrogen-bond donors (Lipinski definition) is 1. The van der Waals surface area contributed by atoms with Gasteiger partial charge >= 0.3 is 6.18 Å². The Kier molecular flexibility index (Phi) is 5.06. The number of nitrogens with one attached hydrogen (secondary N) is 1. The van der Waals surface area contributed by atoms with Crippen molar-refractivity contribution in [3.05, 3.63) is 59.2 Å². The Morgan fingerprint density at radius 2 is 1.83 bits per heavy atom. The zero-order valence-corrected chi connectivity index (χ0v) is 13.0. The van der Waals surface area contributed by atoms with E-state index in [1.807, 2.05) is 6.07 Å². The number of alkyl halides is 3. The van der Waals surface area contributed by atoms with Crippen LogP contribution >= 0.6 is 0 Å². The highest BCUT2D eigenvalue weighted by atomic mass is 32.2. The SMILES string of the molecule is C[S@@](=O)c1ccc(CNc2cc(C#N)ccc2C(F)(F)F)cc1. The Labute approximate surface area is 134 Å². The standard InChI is InChI=1S/C16H13F3N2OS/c1-23(22)13-5-2-11(3-6-13)10-21-15-8-12(9-20)4-7-14(15)16(17,18)19/h2-8,21H,10H2,1H3/t23-/m1/s1. The lowest BCUT2D eigenvalue weighted by Crippen LogP contribution is -2.11. The number of hydrogen-bond acceptors (Lipinski definition) is 3. The van der Waals surface area contributed by atoms with Crippen LogP contribution in [0.5, 0.6) is 0 Å². The van der Waals surface area contributed by atoms with Crippen molar-refractivity contribution in [1.29, 1.82) is 5.26 Å². The van der Waals surface area contributed by atoms with Crippen LogP contribution < -0.4 is 5.32 Å². The van der Waals surface area contributed by atoms with Gasteiger partial charge in [0.05, 0.1) is 17.2 Å². The van der Waals surface area contributed by atoms with E-state index in [0.29, 0.717) is 4.90 Å². The summed E-state index contributed by atoms with van der Waals surface area (Å²) < 4.78 is 50.3. The Balaban J connectivity index is 2.22. The zero-order valence-electron chi connectivity index (χ0n) is 12.1. The summed E-state index contributed by atoms with van der Waals surface area (Å²) in [7, 11) is -1.10. The van der Waals surface area contributed by atoms with E-state index >= 15 is 0 Å². The summed E-state index contributed by atoms with van der Waals surface area (Å²) in [6, 6.07) is 11.8. The van der Waals surface area contributed by atoms with Gasteiger partial charge in [-0.3, -0.25) is 4.21 Å². The van der Waals surface area contributed by atoms with Crippen LogP contribution in [0.2, 0.25) is 0 Å². The number of rotatable bonds is 4. The first kappa shape index (κ1) is 17.0. The van der Waals surface area contributed by atoms with Crippen LogP contribution in [0.4, 0.5) is 18.9 Å². The van der Waals surface area contributed by atoms with E-state index in [-0.39, 0.29) is 17.8 Å². The van der Waals surface area contributed by atoms with Crippen LogP contribution in [0.25, 0.3) is 0 Å². The lowest BCUT2D eigenvalue weighted by atomic mass is 10.1. The van der Waals surface area contributed by atoms with Crippen molar-refractivity contribution in [3.8, 4) is 6.07 Å². The molecule has 0 aromatic heterocycles. The van der Waals surface area contributed by atoms with Gasteiger partial charge in [-0.25, -0.2) is 0 Å². The van der Waals surface area contributed by atoms with Crippen molar-refractivity contribution in [3.63, 3.8) is 0 Å². The highest BCUT2D eigenvalue weighted by Gasteiger charge is 2.33. The van der Waals surface area contributed by atoms with E-state index in [4.69, 9.17) is 5.26 Å². The first-order valence-corrected chi connectivity index (χ1v) is 8.14. The summed E-state index contributed by atoms with van der Waals surface area (Å²) in [5, 5.41) is 11.5. The van der Waals surface area contributed by atoms with E-state index in [2.05, 4.69) is 5.32 Å². The predicted molar refractivity (Wildman–Crippen MR) is 82.3 cm³/mol. The quantitative estimate of drug-likeness (QED) is 0.919. The molecule has 0 aliphatic heterocycles. The molecule has 0 spiro atoms. The number of nitrogens with zero attached hydrogens (tertiary/aromatic N) is 1. The molecule has 0 radical (unpaired) electrons. The minimum Gasteiger partial charge on any atom is -0.380 e. The van der Waals surface area contributed by atoms with Gasteiger partial charge < -0.3 is 5.32 Å². The normalized spacial score (nSPS) is 12.5. The first-order chi connectivity index (χ1) is 10.8. The lowest BCUT2D eigenvalue weighted by Gasteiger charge is -2.15. The van der Waals surface area contributed by atoms with Crippen molar-refractivity contribution < 1.29 is 17.4 Å². The average molecular weight is 338 g/mol. The molecule has 1 atom stereocenters. The Morgan fingerprint density at radius 3 is 2.35 bits per heavy atom. The first-order valence-electron chi connectivity index (χ1n) is 6.59. The second-order valence-corrected chi connectivity index (χ2v) is 6.20. The Morgan fingerprint density at radius 1 is 1.17 bits per heavy atom. The summed E-state index contributed by atoms with van der Waals surface area (Å²) in [5.41, 5.74) is -0.0608. The molecule has 0 unspecified atom stereocenters. The van der Waals surface area contributed by atoms with Crippen molar-refractivity contribution in [2.24, 2.45) is 0 Å². The van der Waals surface area contributed by atoms with Gasteiger partial charge in [-0.1, -0.05) is 12.1 Å². The monoisotopic (exact) mass is 338 g/mol. The molecule has 0 aliphatic rings. The van der Waals surface area contributed by atoms with Gasteiger partial charge in [-0.05, 0) is 35.9 Å². The molecule has 3 nitrogen and oxygen atoms in total. The lowest BCUT2D eigenvalue weighted by molar-refractivity contribution is -0.137. The molecule has 0 fully saturated rings. The van der Waals surface area contributed by atoms with E-state index in [9.17, 15) is 17.4 Å². The van der Waals surface area contributed by atoms with Crippen LogP contribution in [-0.4, -0.2) is 10.5 Å². The highest BCUT2D eigenvalue weighted by molar-refractivity contribution is 7.84.